The minimum Gasteiger partial charge on any atom is -0.465 e. The zero-order chi connectivity index (χ0) is 28.7. The second-order valence-electron chi connectivity index (χ2n) is 11.6. The SMILES string of the molecule is CCCCCCOC(=O)C1CCC(N2C(=O)c3ccc4c5c(ccc(c35)C2=O)C(=O)N(C2CCSCC2)C4=O)CC1. The monoisotopic (exact) mass is 576 g/mol. The molecule has 0 N–H and O–H groups in total. The maximum Gasteiger partial charge on any atom is 0.308 e. The molecule has 8 nitrogen and oxygen atoms in total. The molecule has 216 valence electrons. The summed E-state index contributed by atoms with van der Waals surface area (Å²) in [5, 5.41) is 0.829. The van der Waals surface area contributed by atoms with Crippen LogP contribution in [0.25, 0.3) is 10.8 Å². The third-order valence-corrected chi connectivity index (χ3v) is 10.2. The Kier molecular flexibility index (Phi) is 7.90. The van der Waals surface area contributed by atoms with Gasteiger partial charge in [-0.25, -0.2) is 0 Å². The predicted molar refractivity (Wildman–Crippen MR) is 156 cm³/mol. The van der Waals surface area contributed by atoms with Gasteiger partial charge in [-0.3, -0.25) is 33.8 Å². The molecule has 41 heavy (non-hydrogen) atoms. The van der Waals surface area contributed by atoms with Gasteiger partial charge in [0.1, 0.15) is 0 Å². The van der Waals surface area contributed by atoms with E-state index >= 15 is 0 Å². The van der Waals surface area contributed by atoms with Crippen molar-refractivity contribution >= 4 is 52.1 Å². The highest BCUT2D eigenvalue weighted by atomic mass is 32.2. The van der Waals surface area contributed by atoms with Gasteiger partial charge in [-0.05, 0) is 80.7 Å². The summed E-state index contributed by atoms with van der Waals surface area (Å²) in [5.41, 5.74) is 1.44. The number of thioether (sulfide) groups is 1. The molecule has 0 atom stereocenters. The molecule has 0 unspecified atom stereocenters. The smallest absolute Gasteiger partial charge is 0.308 e. The number of benzene rings is 2. The second-order valence-corrected chi connectivity index (χ2v) is 12.8. The molecule has 2 aromatic rings. The van der Waals surface area contributed by atoms with Crippen molar-refractivity contribution < 1.29 is 28.7 Å². The van der Waals surface area contributed by atoms with Crippen LogP contribution in [-0.4, -0.2) is 69.6 Å². The van der Waals surface area contributed by atoms with Crippen molar-refractivity contribution in [3.8, 4) is 0 Å². The van der Waals surface area contributed by atoms with Gasteiger partial charge in [-0.1, -0.05) is 26.2 Å². The van der Waals surface area contributed by atoms with Crippen LogP contribution in [-0.2, 0) is 9.53 Å². The normalized spacial score (nSPS) is 23.0. The highest BCUT2D eigenvalue weighted by Crippen LogP contribution is 2.41. The number of hydrogen-bond donors (Lipinski definition) is 0. The summed E-state index contributed by atoms with van der Waals surface area (Å²) in [5.74, 6) is -0.0854. The van der Waals surface area contributed by atoms with E-state index in [-0.39, 0.29) is 35.8 Å². The molecule has 1 saturated carbocycles. The number of rotatable bonds is 8. The Bertz CT molecular complexity index is 1350. The first-order chi connectivity index (χ1) is 19.9. The van der Waals surface area contributed by atoms with Crippen molar-refractivity contribution in [2.45, 2.75) is 83.2 Å². The lowest BCUT2D eigenvalue weighted by molar-refractivity contribution is -0.150. The fourth-order valence-electron chi connectivity index (χ4n) is 6.91. The zero-order valence-corrected chi connectivity index (χ0v) is 24.3. The number of hydrogen-bond acceptors (Lipinski definition) is 7. The molecule has 1 saturated heterocycles. The Morgan fingerprint density at radius 1 is 0.707 bits per heavy atom. The highest BCUT2D eigenvalue weighted by Gasteiger charge is 2.44. The van der Waals surface area contributed by atoms with E-state index < -0.39 is 11.8 Å². The number of ether oxygens (including phenoxy) is 1. The van der Waals surface area contributed by atoms with Crippen molar-refractivity contribution in [1.82, 2.24) is 9.80 Å². The Morgan fingerprint density at radius 3 is 1.63 bits per heavy atom. The van der Waals surface area contributed by atoms with E-state index in [1.54, 1.807) is 24.3 Å². The number of unbranched alkanes of at least 4 members (excludes halogenated alkanes) is 3. The quantitative estimate of drug-likeness (QED) is 0.229. The van der Waals surface area contributed by atoms with Crippen LogP contribution in [0.3, 0.4) is 0 Å². The van der Waals surface area contributed by atoms with Gasteiger partial charge in [0, 0.05) is 45.1 Å². The number of amides is 4. The lowest BCUT2D eigenvalue weighted by Gasteiger charge is -2.39. The van der Waals surface area contributed by atoms with Gasteiger partial charge in [0.05, 0.1) is 12.5 Å². The minimum atomic E-state index is -0.403. The molecule has 4 aliphatic rings. The topological polar surface area (TPSA) is 101 Å². The van der Waals surface area contributed by atoms with Gasteiger partial charge in [0.2, 0.25) is 0 Å². The van der Waals surface area contributed by atoms with Gasteiger partial charge in [0.15, 0.2) is 0 Å². The molecule has 9 heteroatoms. The van der Waals surface area contributed by atoms with Crippen LogP contribution < -0.4 is 0 Å². The summed E-state index contributed by atoms with van der Waals surface area (Å²) < 4.78 is 5.49. The van der Waals surface area contributed by atoms with Gasteiger partial charge < -0.3 is 4.74 Å². The average Bonchev–Trinajstić information content (AvgIpc) is 2.99. The maximum absolute atomic E-state index is 13.8. The van der Waals surface area contributed by atoms with Gasteiger partial charge in [0.25, 0.3) is 23.6 Å². The van der Waals surface area contributed by atoms with Crippen LogP contribution >= 0.6 is 11.8 Å². The first-order valence-electron chi connectivity index (χ1n) is 15.0. The molecule has 3 heterocycles. The third-order valence-electron chi connectivity index (χ3n) is 9.15. The molecular weight excluding hydrogens is 540 g/mol. The molecule has 0 spiro atoms. The molecule has 0 radical (unpaired) electrons. The molecule has 3 aliphatic heterocycles. The fraction of sp³-hybridized carbons (Fsp3) is 0.531. The summed E-state index contributed by atoms with van der Waals surface area (Å²) in [6.45, 7) is 2.58. The van der Waals surface area contributed by atoms with Crippen LogP contribution in [0.1, 0.15) is 113 Å². The number of nitrogens with zero attached hydrogens (tertiary/aromatic N) is 2. The van der Waals surface area contributed by atoms with Crippen molar-refractivity contribution in [2.24, 2.45) is 5.92 Å². The Hall–Kier alpha value is -3.20. The average molecular weight is 577 g/mol. The largest absolute Gasteiger partial charge is 0.465 e. The van der Waals surface area contributed by atoms with Gasteiger partial charge >= 0.3 is 5.97 Å². The van der Waals surface area contributed by atoms with Gasteiger partial charge in [-0.2, -0.15) is 11.8 Å². The van der Waals surface area contributed by atoms with E-state index in [2.05, 4.69) is 6.92 Å². The predicted octanol–water partition coefficient (Wildman–Crippen LogP) is 5.61. The van der Waals surface area contributed by atoms with E-state index in [1.807, 2.05) is 11.8 Å². The number of esters is 1. The third kappa shape index (κ3) is 4.86. The summed E-state index contributed by atoms with van der Waals surface area (Å²) >= 11 is 1.83. The van der Waals surface area contributed by atoms with Crippen LogP contribution in [0.5, 0.6) is 0 Å². The molecule has 6 rings (SSSR count). The van der Waals surface area contributed by atoms with E-state index in [0.717, 1.165) is 50.0 Å². The van der Waals surface area contributed by atoms with Crippen LogP contribution in [0.4, 0.5) is 0 Å². The summed E-state index contributed by atoms with van der Waals surface area (Å²) in [7, 11) is 0. The first-order valence-corrected chi connectivity index (χ1v) is 16.2. The van der Waals surface area contributed by atoms with Crippen LogP contribution in [0, 0.1) is 5.92 Å². The lowest BCUT2D eigenvalue weighted by atomic mass is 9.82. The molecule has 1 aliphatic carbocycles. The lowest BCUT2D eigenvalue weighted by Crippen LogP contribution is -2.50. The van der Waals surface area contributed by atoms with E-state index in [0.29, 0.717) is 65.3 Å². The number of imide groups is 2. The molecular formula is C32H36N2O6S. The summed E-state index contributed by atoms with van der Waals surface area (Å²) in [4.78, 5) is 70.1. The van der Waals surface area contributed by atoms with Crippen molar-refractivity contribution in [3.05, 3.63) is 46.5 Å². The number of carbonyl (C=O) groups is 5. The van der Waals surface area contributed by atoms with Crippen LogP contribution in [0.2, 0.25) is 0 Å². The summed E-state index contributed by atoms with van der Waals surface area (Å²) in [6, 6.07) is 6.10. The molecule has 0 aromatic heterocycles. The first kappa shape index (κ1) is 27.9. The minimum absolute atomic E-state index is 0.140. The molecule has 0 bridgehead atoms. The Labute approximate surface area is 244 Å². The molecule has 2 aromatic carbocycles. The second kappa shape index (κ2) is 11.6. The molecule has 2 fully saturated rings. The standard InChI is InChI=1S/C32H36N2O6S/c1-2-3-4-5-16-40-32(39)19-6-8-20(9-7-19)33-28(35)22-10-12-24-27-25(13-11-23(26(22)27)29(33)36)31(38)34(30(24)37)21-14-17-41-18-15-21/h10-13,19-21H,2-9,14-18H2,1H3. The van der Waals surface area contributed by atoms with E-state index in [9.17, 15) is 24.0 Å². The number of carbonyl (C=O) groups excluding carboxylic acids is 5. The highest BCUT2D eigenvalue weighted by molar-refractivity contribution is 7.99. The Morgan fingerprint density at radius 2 is 1.17 bits per heavy atom. The fourth-order valence-corrected chi connectivity index (χ4v) is 7.99. The van der Waals surface area contributed by atoms with Gasteiger partial charge in [-0.15, -0.1) is 0 Å². The van der Waals surface area contributed by atoms with Crippen molar-refractivity contribution in [1.29, 1.82) is 0 Å². The van der Waals surface area contributed by atoms with Crippen LogP contribution in [0.15, 0.2) is 24.3 Å². The van der Waals surface area contributed by atoms with Crippen molar-refractivity contribution in [2.75, 3.05) is 18.1 Å². The van der Waals surface area contributed by atoms with E-state index in [4.69, 9.17) is 4.74 Å². The van der Waals surface area contributed by atoms with Crippen molar-refractivity contribution in [3.63, 3.8) is 0 Å². The zero-order valence-electron chi connectivity index (χ0n) is 23.5. The maximum atomic E-state index is 13.8. The summed E-state index contributed by atoms with van der Waals surface area (Å²) in [6.07, 6.45) is 7.90. The van der Waals surface area contributed by atoms with E-state index in [1.165, 1.54) is 9.80 Å². The molecule has 4 amide bonds. The Balaban J connectivity index is 1.21.